The number of hydrogen-bond donors (Lipinski definition) is 3. The molecule has 2 aliphatic rings. The Morgan fingerprint density at radius 1 is 0.951 bits per heavy atom. The second-order valence-corrected chi connectivity index (χ2v) is 17.0. The standard InChI is InChI=1S/C48H68N2O11/c1-7-9-14-25-48(26-15-10-8-2)59-41-32-37(31-40(43(41)61-48)58-46(56)36-20-18-34(19-21-36)24-28-57-29-27-51)45(55)50(6)39(30-35-16-12-11-13-17-35)44(54)49-38(33-52)22-23-42(53)60-47(3,4)5/h11-13,16-21,24,28,32,38-41,43,51-52H,7-10,14-15,22-23,25-27,29-31,33H2,1-6H3,(H,49,54). The van der Waals surface area contributed by atoms with Gasteiger partial charge < -0.3 is 44.1 Å². The minimum Gasteiger partial charge on any atom is -0.499 e. The molecule has 61 heavy (non-hydrogen) atoms. The van der Waals surface area contributed by atoms with Crippen LogP contribution in [0.1, 0.15) is 127 Å². The zero-order valence-corrected chi connectivity index (χ0v) is 36.9. The van der Waals surface area contributed by atoms with Gasteiger partial charge in [0.1, 0.15) is 36.6 Å². The number of nitrogens with zero attached hydrogens (tertiary/aromatic N) is 1. The summed E-state index contributed by atoms with van der Waals surface area (Å²) in [5.74, 6) is -2.88. The van der Waals surface area contributed by atoms with E-state index in [1.165, 1.54) is 11.2 Å². The summed E-state index contributed by atoms with van der Waals surface area (Å²) in [6.07, 6.45) is 10.2. The van der Waals surface area contributed by atoms with Gasteiger partial charge in [0.25, 0.3) is 0 Å². The average Bonchev–Trinajstić information content (AvgIpc) is 3.61. The van der Waals surface area contributed by atoms with Crippen molar-refractivity contribution in [2.45, 2.75) is 153 Å². The first-order valence-electron chi connectivity index (χ1n) is 21.9. The summed E-state index contributed by atoms with van der Waals surface area (Å²) in [4.78, 5) is 56.4. The molecule has 0 spiro atoms. The molecule has 2 amide bonds. The molecular formula is C48H68N2O11. The van der Waals surface area contributed by atoms with Gasteiger partial charge in [-0.05, 0) is 75.4 Å². The summed E-state index contributed by atoms with van der Waals surface area (Å²) in [6, 6.07) is 14.4. The molecule has 0 saturated carbocycles. The second-order valence-electron chi connectivity index (χ2n) is 17.0. The van der Waals surface area contributed by atoms with Gasteiger partial charge in [0.05, 0.1) is 31.1 Å². The van der Waals surface area contributed by atoms with Crippen molar-refractivity contribution in [3.05, 3.63) is 89.2 Å². The molecule has 4 rings (SSSR count). The first-order chi connectivity index (χ1) is 29.2. The van der Waals surface area contributed by atoms with Crippen molar-refractivity contribution < 1.29 is 53.1 Å². The number of likely N-dealkylation sites (N-methyl/N-ethyl adjacent to an activating group) is 1. The van der Waals surface area contributed by atoms with Crippen LogP contribution < -0.4 is 5.32 Å². The first-order valence-corrected chi connectivity index (χ1v) is 21.9. The fourth-order valence-electron chi connectivity index (χ4n) is 7.58. The molecule has 2 aromatic rings. The molecule has 1 aliphatic heterocycles. The van der Waals surface area contributed by atoms with Crippen molar-refractivity contribution >= 4 is 29.8 Å². The molecule has 1 fully saturated rings. The number of esters is 2. The van der Waals surface area contributed by atoms with Crippen LogP contribution in [0.3, 0.4) is 0 Å². The summed E-state index contributed by atoms with van der Waals surface area (Å²) in [6.45, 7) is 9.24. The van der Waals surface area contributed by atoms with E-state index in [0.29, 0.717) is 24.0 Å². The third-order valence-electron chi connectivity index (χ3n) is 10.8. The summed E-state index contributed by atoms with van der Waals surface area (Å²) in [7, 11) is 1.56. The van der Waals surface area contributed by atoms with E-state index in [9.17, 15) is 24.3 Å². The van der Waals surface area contributed by atoms with Crippen LogP contribution in [0.5, 0.6) is 0 Å². The van der Waals surface area contributed by atoms with Gasteiger partial charge in [-0.1, -0.05) is 82.0 Å². The van der Waals surface area contributed by atoms with Gasteiger partial charge in [-0.25, -0.2) is 4.79 Å². The maximum atomic E-state index is 14.7. The molecule has 0 bridgehead atoms. The first kappa shape index (κ1) is 49.1. The van der Waals surface area contributed by atoms with Gasteiger partial charge in [-0.15, -0.1) is 0 Å². The summed E-state index contributed by atoms with van der Waals surface area (Å²) < 4.78 is 30.5. The number of amides is 2. The lowest BCUT2D eigenvalue weighted by Gasteiger charge is -2.34. The lowest BCUT2D eigenvalue weighted by molar-refractivity contribution is -0.190. The lowest BCUT2D eigenvalue weighted by Crippen LogP contribution is -2.53. The zero-order chi connectivity index (χ0) is 44.4. The molecule has 2 aromatic carbocycles. The Hall–Kier alpha value is -4.56. The summed E-state index contributed by atoms with van der Waals surface area (Å²) in [5.41, 5.74) is 1.56. The summed E-state index contributed by atoms with van der Waals surface area (Å²) in [5, 5.41) is 22.0. The van der Waals surface area contributed by atoms with Crippen LogP contribution >= 0.6 is 0 Å². The third-order valence-corrected chi connectivity index (χ3v) is 10.8. The SMILES string of the molecule is CCCCCC1(CCCCC)OC2C=C(C(=O)N(C)C(Cc3ccccc3)C(=O)NC(CO)CCC(=O)OC(C)(C)C)CC(OC(=O)c3ccc(C=COCCO)cc3)C2O1. The van der Waals surface area contributed by atoms with Crippen molar-refractivity contribution in [1.82, 2.24) is 10.2 Å². The molecule has 5 atom stereocenters. The van der Waals surface area contributed by atoms with Crippen molar-refractivity contribution in [2.75, 3.05) is 26.9 Å². The van der Waals surface area contributed by atoms with Crippen LogP contribution in [0.15, 0.2) is 72.5 Å². The smallest absolute Gasteiger partial charge is 0.338 e. The number of nitrogens with one attached hydrogen (secondary N) is 1. The van der Waals surface area contributed by atoms with Crippen LogP contribution in [0.25, 0.3) is 6.08 Å². The van der Waals surface area contributed by atoms with E-state index in [0.717, 1.165) is 49.7 Å². The number of carbonyl (C=O) groups excluding carboxylic acids is 4. The van der Waals surface area contributed by atoms with Crippen LogP contribution in [-0.2, 0) is 44.5 Å². The monoisotopic (exact) mass is 848 g/mol. The molecule has 336 valence electrons. The van der Waals surface area contributed by atoms with E-state index in [1.807, 2.05) is 30.3 Å². The normalized spacial score (nSPS) is 19.3. The highest BCUT2D eigenvalue weighted by Crippen LogP contribution is 2.43. The summed E-state index contributed by atoms with van der Waals surface area (Å²) >= 11 is 0. The predicted octanol–water partition coefficient (Wildman–Crippen LogP) is 6.83. The highest BCUT2D eigenvalue weighted by molar-refractivity contribution is 5.97. The minimum atomic E-state index is -1.00. The van der Waals surface area contributed by atoms with Gasteiger partial charge in [-0.2, -0.15) is 0 Å². The molecule has 0 aromatic heterocycles. The second kappa shape index (κ2) is 24.2. The highest BCUT2D eigenvalue weighted by atomic mass is 16.8. The maximum absolute atomic E-state index is 14.7. The number of carbonyl (C=O) groups is 4. The minimum absolute atomic E-state index is 0.0154. The Morgan fingerprint density at radius 2 is 1.62 bits per heavy atom. The fourth-order valence-corrected chi connectivity index (χ4v) is 7.58. The van der Waals surface area contributed by atoms with E-state index < -0.39 is 72.1 Å². The van der Waals surface area contributed by atoms with Gasteiger partial charge in [-0.3, -0.25) is 14.4 Å². The van der Waals surface area contributed by atoms with Crippen LogP contribution in [0.4, 0.5) is 0 Å². The zero-order valence-electron chi connectivity index (χ0n) is 36.9. The number of fused-ring (bicyclic) bond motifs is 1. The van der Waals surface area contributed by atoms with Gasteiger partial charge >= 0.3 is 11.9 Å². The van der Waals surface area contributed by atoms with Gasteiger partial charge in [0.2, 0.25) is 11.8 Å². The molecule has 1 aliphatic carbocycles. The van der Waals surface area contributed by atoms with Crippen molar-refractivity contribution in [1.29, 1.82) is 0 Å². The number of unbranched alkanes of at least 4 members (excludes halogenated alkanes) is 4. The van der Waals surface area contributed by atoms with Crippen LogP contribution in [0, 0.1) is 0 Å². The Kier molecular flexibility index (Phi) is 19.5. The Bertz CT molecular complexity index is 1740. The number of aliphatic hydroxyl groups excluding tert-OH is 2. The third kappa shape index (κ3) is 15.4. The molecule has 1 heterocycles. The molecule has 0 radical (unpaired) electrons. The Labute approximate surface area is 361 Å². The molecular weight excluding hydrogens is 781 g/mol. The van der Waals surface area contributed by atoms with Crippen LogP contribution in [0.2, 0.25) is 0 Å². The van der Waals surface area contributed by atoms with Crippen LogP contribution in [-0.4, -0.2) is 108 Å². The van der Waals surface area contributed by atoms with Crippen molar-refractivity contribution in [2.24, 2.45) is 0 Å². The molecule has 3 N–H and O–H groups in total. The Balaban J connectivity index is 1.62. The fraction of sp³-hybridized carbons (Fsp3) is 0.583. The van der Waals surface area contributed by atoms with Gasteiger partial charge in [0, 0.05) is 44.7 Å². The number of ether oxygens (including phenoxy) is 5. The largest absolute Gasteiger partial charge is 0.499 e. The van der Waals surface area contributed by atoms with E-state index in [2.05, 4.69) is 19.2 Å². The van der Waals surface area contributed by atoms with Crippen molar-refractivity contribution in [3.8, 4) is 0 Å². The van der Waals surface area contributed by atoms with E-state index >= 15 is 0 Å². The van der Waals surface area contributed by atoms with Gasteiger partial charge in [0.15, 0.2) is 5.79 Å². The number of hydrogen-bond acceptors (Lipinski definition) is 11. The molecule has 13 heteroatoms. The molecule has 1 saturated heterocycles. The topological polar surface area (TPSA) is 170 Å². The lowest BCUT2D eigenvalue weighted by atomic mass is 9.90. The van der Waals surface area contributed by atoms with Crippen molar-refractivity contribution in [3.63, 3.8) is 0 Å². The number of rotatable bonds is 24. The Morgan fingerprint density at radius 3 is 2.23 bits per heavy atom. The average molecular weight is 849 g/mol. The highest BCUT2D eigenvalue weighted by Gasteiger charge is 2.53. The molecule has 5 unspecified atom stereocenters. The maximum Gasteiger partial charge on any atom is 0.338 e. The van der Waals surface area contributed by atoms with E-state index in [4.69, 9.17) is 28.8 Å². The van der Waals surface area contributed by atoms with E-state index in [-0.39, 0.29) is 38.9 Å². The van der Waals surface area contributed by atoms with E-state index in [1.54, 1.807) is 64.2 Å². The molecule has 13 nitrogen and oxygen atoms in total. The number of benzene rings is 2. The quantitative estimate of drug-likeness (QED) is 0.0575. The predicted molar refractivity (Wildman–Crippen MR) is 232 cm³/mol. The number of aliphatic hydroxyl groups is 2.